The molecule has 0 saturated carbocycles. The van der Waals surface area contributed by atoms with Crippen LogP contribution in [-0.4, -0.2) is 51.8 Å². The molecule has 1 aliphatic rings. The fourth-order valence-corrected chi connectivity index (χ4v) is 4.14. The number of imidazole rings is 1. The Balaban J connectivity index is 1.77. The van der Waals surface area contributed by atoms with Crippen molar-refractivity contribution in [1.82, 2.24) is 23.6 Å². The summed E-state index contributed by atoms with van der Waals surface area (Å²) in [5.74, 6) is 0.424. The average molecular weight is 353 g/mol. The molecule has 1 saturated heterocycles. The summed E-state index contributed by atoms with van der Waals surface area (Å²) in [5.41, 5.74) is 0.878. The maximum absolute atomic E-state index is 12.8. The summed E-state index contributed by atoms with van der Waals surface area (Å²) in [4.78, 5) is 4.09. The van der Waals surface area contributed by atoms with Crippen molar-refractivity contribution < 1.29 is 13.2 Å². The van der Waals surface area contributed by atoms with Crippen molar-refractivity contribution in [2.75, 3.05) is 19.7 Å². The number of hydrogen-bond donors (Lipinski definition) is 0. The highest BCUT2D eigenvalue weighted by atomic mass is 32.2. The van der Waals surface area contributed by atoms with Crippen LogP contribution in [0.2, 0.25) is 0 Å². The van der Waals surface area contributed by atoms with Crippen molar-refractivity contribution in [2.45, 2.75) is 31.5 Å². The number of aryl methyl sites for hydroxylation is 1. The van der Waals surface area contributed by atoms with Gasteiger partial charge in [-0.15, -0.1) is 0 Å². The van der Waals surface area contributed by atoms with Gasteiger partial charge in [-0.1, -0.05) is 13.8 Å². The van der Waals surface area contributed by atoms with Crippen molar-refractivity contribution in [2.24, 2.45) is 13.0 Å². The largest absolute Gasteiger partial charge is 0.371 e. The Labute approximate surface area is 142 Å². The predicted octanol–water partition coefficient (Wildman–Crippen LogP) is 1.03. The Morgan fingerprint density at radius 1 is 1.38 bits per heavy atom. The summed E-state index contributed by atoms with van der Waals surface area (Å²) in [7, 11) is -1.80. The first-order valence-corrected chi connectivity index (χ1v) is 9.42. The molecule has 0 spiro atoms. The van der Waals surface area contributed by atoms with Gasteiger partial charge in [-0.3, -0.25) is 4.68 Å². The molecule has 8 nitrogen and oxygen atoms in total. The van der Waals surface area contributed by atoms with Gasteiger partial charge in [0.2, 0.25) is 0 Å². The van der Waals surface area contributed by atoms with Gasteiger partial charge in [0.15, 0.2) is 5.03 Å². The molecule has 1 atom stereocenters. The van der Waals surface area contributed by atoms with Gasteiger partial charge in [0.1, 0.15) is 0 Å². The van der Waals surface area contributed by atoms with Crippen LogP contribution in [0.5, 0.6) is 0 Å². The third kappa shape index (κ3) is 3.52. The second kappa shape index (κ2) is 6.66. The van der Waals surface area contributed by atoms with E-state index in [1.165, 1.54) is 4.31 Å². The van der Waals surface area contributed by atoms with Crippen molar-refractivity contribution in [1.29, 1.82) is 0 Å². The van der Waals surface area contributed by atoms with Crippen LogP contribution in [0.4, 0.5) is 0 Å². The van der Waals surface area contributed by atoms with E-state index in [1.54, 1.807) is 23.4 Å². The summed E-state index contributed by atoms with van der Waals surface area (Å²) in [6, 6.07) is 0. The minimum atomic E-state index is -3.62. The normalized spacial score (nSPS) is 19.9. The minimum Gasteiger partial charge on any atom is -0.371 e. The van der Waals surface area contributed by atoms with E-state index < -0.39 is 10.0 Å². The molecule has 2 aromatic heterocycles. The molecule has 0 amide bonds. The maximum atomic E-state index is 12.8. The lowest BCUT2D eigenvalue weighted by Crippen LogP contribution is -2.42. The van der Waals surface area contributed by atoms with E-state index in [0.29, 0.717) is 19.1 Å². The Hall–Kier alpha value is -1.71. The average Bonchev–Trinajstić information content (AvgIpc) is 3.16. The number of nitrogens with zero attached hydrogens (tertiary/aromatic N) is 5. The molecule has 3 heterocycles. The third-order valence-corrected chi connectivity index (χ3v) is 5.67. The molecule has 0 aromatic carbocycles. The van der Waals surface area contributed by atoms with Crippen molar-refractivity contribution in [3.63, 3.8) is 0 Å². The fourth-order valence-electron chi connectivity index (χ4n) is 2.78. The van der Waals surface area contributed by atoms with Crippen LogP contribution in [0.1, 0.15) is 25.5 Å². The molecule has 9 heteroatoms. The SMILES string of the molecule is CC(C)Cn1cnc(S(=O)(=O)N2CCO[C@@H](c3cnn(C)c3)C2)c1. The van der Waals surface area contributed by atoms with E-state index in [-0.39, 0.29) is 17.7 Å². The van der Waals surface area contributed by atoms with Crippen molar-refractivity contribution in [3.05, 3.63) is 30.5 Å². The van der Waals surface area contributed by atoms with Gasteiger partial charge in [0.25, 0.3) is 10.0 Å². The third-order valence-electron chi connectivity index (χ3n) is 3.92. The van der Waals surface area contributed by atoms with E-state index in [0.717, 1.165) is 12.1 Å². The van der Waals surface area contributed by atoms with Crippen LogP contribution in [0.15, 0.2) is 29.9 Å². The summed E-state index contributed by atoms with van der Waals surface area (Å²) < 4.78 is 36.3. The summed E-state index contributed by atoms with van der Waals surface area (Å²) >= 11 is 0. The molecule has 132 valence electrons. The molecular weight excluding hydrogens is 330 g/mol. The summed E-state index contributed by atoms with van der Waals surface area (Å²) in [6.07, 6.45) is 6.42. The molecule has 2 aromatic rings. The van der Waals surface area contributed by atoms with E-state index >= 15 is 0 Å². The zero-order chi connectivity index (χ0) is 17.3. The Morgan fingerprint density at radius 2 is 2.17 bits per heavy atom. The Bertz CT molecular complexity index is 796. The monoisotopic (exact) mass is 353 g/mol. The van der Waals surface area contributed by atoms with Crippen molar-refractivity contribution >= 4 is 10.0 Å². The number of morpholine rings is 1. The van der Waals surface area contributed by atoms with Gasteiger partial charge >= 0.3 is 0 Å². The van der Waals surface area contributed by atoms with Crippen LogP contribution < -0.4 is 0 Å². The second-order valence-electron chi connectivity index (χ2n) is 6.47. The highest BCUT2D eigenvalue weighted by molar-refractivity contribution is 7.89. The lowest BCUT2D eigenvalue weighted by molar-refractivity contribution is -0.00265. The van der Waals surface area contributed by atoms with E-state index in [2.05, 4.69) is 23.9 Å². The molecule has 1 aliphatic heterocycles. The molecule has 0 unspecified atom stereocenters. The van der Waals surface area contributed by atoms with E-state index in [4.69, 9.17) is 4.74 Å². The number of hydrogen-bond acceptors (Lipinski definition) is 5. The van der Waals surface area contributed by atoms with Crippen molar-refractivity contribution in [3.8, 4) is 0 Å². The second-order valence-corrected chi connectivity index (χ2v) is 8.36. The lowest BCUT2D eigenvalue weighted by Gasteiger charge is -2.31. The first-order valence-electron chi connectivity index (χ1n) is 7.98. The Kier molecular flexibility index (Phi) is 4.75. The first kappa shape index (κ1) is 17.1. The molecular formula is C15H23N5O3S. The lowest BCUT2D eigenvalue weighted by atomic mass is 10.2. The molecule has 0 bridgehead atoms. The quantitative estimate of drug-likeness (QED) is 0.802. The zero-order valence-corrected chi connectivity index (χ0v) is 15.0. The molecule has 0 N–H and O–H groups in total. The van der Waals surface area contributed by atoms with Gasteiger partial charge in [0.05, 0.1) is 25.2 Å². The molecule has 0 radical (unpaired) electrons. The smallest absolute Gasteiger partial charge is 0.262 e. The van der Waals surface area contributed by atoms with Gasteiger partial charge in [-0.25, -0.2) is 13.4 Å². The topological polar surface area (TPSA) is 82.2 Å². The zero-order valence-electron chi connectivity index (χ0n) is 14.2. The maximum Gasteiger partial charge on any atom is 0.262 e. The molecule has 24 heavy (non-hydrogen) atoms. The number of sulfonamides is 1. The van der Waals surface area contributed by atoms with Gasteiger partial charge in [0, 0.05) is 44.6 Å². The van der Waals surface area contributed by atoms with Crippen LogP contribution in [0.3, 0.4) is 0 Å². The number of rotatable bonds is 5. The molecule has 1 fully saturated rings. The number of aromatic nitrogens is 4. The first-order chi connectivity index (χ1) is 11.4. The molecule has 3 rings (SSSR count). The van der Waals surface area contributed by atoms with Crippen LogP contribution >= 0.6 is 0 Å². The fraction of sp³-hybridized carbons (Fsp3) is 0.600. The minimum absolute atomic E-state index is 0.0926. The van der Waals surface area contributed by atoms with E-state index in [9.17, 15) is 8.42 Å². The van der Waals surface area contributed by atoms with E-state index in [1.807, 2.05) is 17.8 Å². The molecule has 0 aliphatic carbocycles. The standard InChI is InChI=1S/C15H23N5O3S/c1-12(2)7-19-10-15(16-11-19)24(21,22)20-4-5-23-14(9-20)13-6-17-18(3)8-13/h6,8,10-12,14H,4-5,7,9H2,1-3H3/t14-/m1/s1. The highest BCUT2D eigenvalue weighted by Gasteiger charge is 2.33. The highest BCUT2D eigenvalue weighted by Crippen LogP contribution is 2.25. The van der Waals surface area contributed by atoms with Gasteiger partial charge < -0.3 is 9.30 Å². The van der Waals surface area contributed by atoms with Crippen LogP contribution in [-0.2, 0) is 28.4 Å². The van der Waals surface area contributed by atoms with Gasteiger partial charge in [-0.2, -0.15) is 9.40 Å². The van der Waals surface area contributed by atoms with Gasteiger partial charge in [-0.05, 0) is 5.92 Å². The summed E-state index contributed by atoms with van der Waals surface area (Å²) in [6.45, 7) is 5.85. The summed E-state index contributed by atoms with van der Waals surface area (Å²) in [5, 5.41) is 4.21. The predicted molar refractivity (Wildman–Crippen MR) is 87.7 cm³/mol. The Morgan fingerprint density at radius 3 is 2.83 bits per heavy atom. The van der Waals surface area contributed by atoms with Crippen LogP contribution in [0, 0.1) is 5.92 Å². The van der Waals surface area contributed by atoms with Crippen LogP contribution in [0.25, 0.3) is 0 Å². The number of ether oxygens (including phenoxy) is 1.